The minimum atomic E-state index is -0.659. The molecule has 5 nitrogen and oxygen atoms in total. The van der Waals surface area contributed by atoms with Crippen molar-refractivity contribution in [2.75, 3.05) is 12.4 Å². The van der Waals surface area contributed by atoms with Crippen molar-refractivity contribution in [3.8, 4) is 5.75 Å². The third kappa shape index (κ3) is 4.85. The molecule has 0 aromatic heterocycles. The van der Waals surface area contributed by atoms with Gasteiger partial charge in [0.15, 0.2) is 0 Å². The molecule has 0 aliphatic carbocycles. The van der Waals surface area contributed by atoms with Gasteiger partial charge in [0.05, 0.1) is 12.7 Å². The summed E-state index contributed by atoms with van der Waals surface area (Å²) in [6.07, 6.45) is 0. The molecule has 5 heteroatoms. The Labute approximate surface area is 154 Å². The minimum absolute atomic E-state index is 0.0698. The van der Waals surface area contributed by atoms with Gasteiger partial charge in [-0.2, -0.15) is 0 Å². The molecule has 2 rings (SSSR count). The molecule has 0 saturated carbocycles. The van der Waals surface area contributed by atoms with Gasteiger partial charge < -0.3 is 15.4 Å². The van der Waals surface area contributed by atoms with Gasteiger partial charge in [-0.3, -0.25) is 9.59 Å². The second kappa shape index (κ2) is 8.52. The molecule has 0 bridgehead atoms. The van der Waals surface area contributed by atoms with Crippen molar-refractivity contribution >= 4 is 17.5 Å². The van der Waals surface area contributed by atoms with E-state index < -0.39 is 6.04 Å². The number of para-hydroxylation sites is 1. The first kappa shape index (κ1) is 19.5. The Bertz CT molecular complexity index is 779. The fourth-order valence-electron chi connectivity index (χ4n) is 2.85. The summed E-state index contributed by atoms with van der Waals surface area (Å²) in [4.78, 5) is 25.4. The van der Waals surface area contributed by atoms with Crippen molar-refractivity contribution in [2.45, 2.75) is 33.7 Å². The maximum atomic E-state index is 12.7. The van der Waals surface area contributed by atoms with Crippen LogP contribution in [0.5, 0.6) is 5.75 Å². The normalized spacial score (nSPS) is 11.8. The van der Waals surface area contributed by atoms with Crippen molar-refractivity contribution in [3.63, 3.8) is 0 Å². The number of aryl methyl sites for hydroxylation is 2. The Hall–Kier alpha value is -2.82. The number of hydrogen-bond acceptors (Lipinski definition) is 3. The van der Waals surface area contributed by atoms with Gasteiger partial charge in [-0.05, 0) is 55.2 Å². The van der Waals surface area contributed by atoms with E-state index in [9.17, 15) is 9.59 Å². The van der Waals surface area contributed by atoms with Gasteiger partial charge in [0.2, 0.25) is 5.91 Å². The number of anilines is 1. The highest BCUT2D eigenvalue weighted by Crippen LogP contribution is 2.19. The van der Waals surface area contributed by atoms with Crippen molar-refractivity contribution < 1.29 is 14.3 Å². The summed E-state index contributed by atoms with van der Waals surface area (Å²) in [5.41, 5.74) is 3.27. The van der Waals surface area contributed by atoms with Crippen molar-refractivity contribution in [2.24, 2.45) is 5.92 Å². The van der Waals surface area contributed by atoms with Gasteiger partial charge in [0.25, 0.3) is 5.91 Å². The molecule has 0 radical (unpaired) electrons. The monoisotopic (exact) mass is 354 g/mol. The molecule has 2 N–H and O–H groups in total. The molecular formula is C21H26N2O3. The van der Waals surface area contributed by atoms with E-state index in [-0.39, 0.29) is 17.7 Å². The van der Waals surface area contributed by atoms with E-state index in [4.69, 9.17) is 4.74 Å². The van der Waals surface area contributed by atoms with E-state index in [0.717, 1.165) is 16.8 Å². The highest BCUT2D eigenvalue weighted by atomic mass is 16.5. The summed E-state index contributed by atoms with van der Waals surface area (Å²) < 4.78 is 5.23. The van der Waals surface area contributed by atoms with Crippen LogP contribution in [0.25, 0.3) is 0 Å². The predicted octanol–water partition coefficient (Wildman–Crippen LogP) is 3.71. The number of nitrogens with one attached hydrogen (secondary N) is 2. The number of carbonyl (C=O) groups excluding carboxylic acids is 2. The molecule has 26 heavy (non-hydrogen) atoms. The zero-order valence-electron chi connectivity index (χ0n) is 15.9. The van der Waals surface area contributed by atoms with E-state index in [0.29, 0.717) is 11.3 Å². The van der Waals surface area contributed by atoms with E-state index >= 15 is 0 Å². The van der Waals surface area contributed by atoms with Crippen LogP contribution < -0.4 is 15.4 Å². The summed E-state index contributed by atoms with van der Waals surface area (Å²) in [7, 11) is 1.51. The predicted molar refractivity (Wildman–Crippen MR) is 104 cm³/mol. The summed E-state index contributed by atoms with van der Waals surface area (Å²) in [6.45, 7) is 7.75. The van der Waals surface area contributed by atoms with Gasteiger partial charge >= 0.3 is 0 Å². The Kier molecular flexibility index (Phi) is 6.39. The van der Waals surface area contributed by atoms with Gasteiger partial charge in [0, 0.05) is 5.69 Å². The smallest absolute Gasteiger partial charge is 0.255 e. The molecule has 0 saturated heterocycles. The van der Waals surface area contributed by atoms with Crippen LogP contribution in [-0.2, 0) is 4.79 Å². The quantitative estimate of drug-likeness (QED) is 0.831. The number of rotatable bonds is 6. The van der Waals surface area contributed by atoms with Crippen LogP contribution >= 0.6 is 0 Å². The Balaban J connectivity index is 2.17. The third-order valence-electron chi connectivity index (χ3n) is 4.08. The van der Waals surface area contributed by atoms with Crippen LogP contribution in [0.15, 0.2) is 42.5 Å². The number of carbonyl (C=O) groups is 2. The van der Waals surface area contributed by atoms with Crippen LogP contribution in [0.2, 0.25) is 0 Å². The molecule has 2 aromatic carbocycles. The van der Waals surface area contributed by atoms with Crippen molar-refractivity contribution in [1.29, 1.82) is 0 Å². The van der Waals surface area contributed by atoms with Crippen LogP contribution in [0.3, 0.4) is 0 Å². The Morgan fingerprint density at radius 2 is 1.62 bits per heavy atom. The number of ether oxygens (including phenoxy) is 1. The SMILES string of the molecule is COc1ccccc1C(=O)N[C@H](C(=O)Nc1cc(C)cc(C)c1)C(C)C. The number of amides is 2. The molecule has 0 aliphatic rings. The molecule has 0 spiro atoms. The first-order chi connectivity index (χ1) is 12.3. The van der Waals surface area contributed by atoms with Gasteiger partial charge in [-0.1, -0.05) is 32.0 Å². The lowest BCUT2D eigenvalue weighted by Gasteiger charge is -2.22. The highest BCUT2D eigenvalue weighted by molar-refractivity contribution is 6.02. The van der Waals surface area contributed by atoms with Gasteiger partial charge in [-0.15, -0.1) is 0 Å². The first-order valence-electron chi connectivity index (χ1n) is 8.65. The van der Waals surface area contributed by atoms with Crippen molar-refractivity contribution in [3.05, 3.63) is 59.2 Å². The Morgan fingerprint density at radius 3 is 2.19 bits per heavy atom. The standard InChI is InChI=1S/C21H26N2O3/c1-13(2)19(21(25)22-16-11-14(3)10-15(4)12-16)23-20(24)17-8-6-7-9-18(17)26-5/h6-13,19H,1-5H3,(H,22,25)(H,23,24)/t19-/m0/s1. The summed E-state index contributed by atoms with van der Waals surface area (Å²) >= 11 is 0. The third-order valence-corrected chi connectivity index (χ3v) is 4.08. The lowest BCUT2D eigenvalue weighted by atomic mass is 10.0. The zero-order chi connectivity index (χ0) is 19.3. The number of hydrogen-bond donors (Lipinski definition) is 2. The molecule has 138 valence electrons. The number of methoxy groups -OCH3 is 1. The van der Waals surface area contributed by atoms with Gasteiger partial charge in [0.1, 0.15) is 11.8 Å². The maximum Gasteiger partial charge on any atom is 0.255 e. The second-order valence-corrected chi connectivity index (χ2v) is 6.76. The lowest BCUT2D eigenvalue weighted by molar-refractivity contribution is -0.118. The second-order valence-electron chi connectivity index (χ2n) is 6.76. The van der Waals surface area contributed by atoms with Crippen molar-refractivity contribution in [1.82, 2.24) is 5.32 Å². The average Bonchev–Trinajstić information content (AvgIpc) is 2.58. The highest BCUT2D eigenvalue weighted by Gasteiger charge is 2.26. The van der Waals surface area contributed by atoms with E-state index in [1.54, 1.807) is 24.3 Å². The number of benzene rings is 2. The maximum absolute atomic E-state index is 12.7. The molecule has 2 amide bonds. The summed E-state index contributed by atoms with van der Waals surface area (Å²) in [5.74, 6) is -0.174. The van der Waals surface area contributed by atoms with E-state index in [2.05, 4.69) is 10.6 Å². The zero-order valence-corrected chi connectivity index (χ0v) is 15.9. The van der Waals surface area contributed by atoms with Crippen LogP contribution in [-0.4, -0.2) is 25.0 Å². The molecule has 0 heterocycles. The van der Waals surface area contributed by atoms with Crippen LogP contribution in [0.1, 0.15) is 35.3 Å². The minimum Gasteiger partial charge on any atom is -0.496 e. The average molecular weight is 354 g/mol. The fraction of sp³-hybridized carbons (Fsp3) is 0.333. The van der Waals surface area contributed by atoms with E-state index in [1.807, 2.05) is 45.9 Å². The lowest BCUT2D eigenvalue weighted by Crippen LogP contribution is -2.47. The first-order valence-corrected chi connectivity index (χ1v) is 8.65. The molecular weight excluding hydrogens is 328 g/mol. The molecule has 0 unspecified atom stereocenters. The summed E-state index contributed by atoms with van der Waals surface area (Å²) in [5, 5.41) is 5.73. The molecule has 2 aromatic rings. The Morgan fingerprint density at radius 1 is 1.00 bits per heavy atom. The van der Waals surface area contributed by atoms with E-state index in [1.165, 1.54) is 7.11 Å². The van der Waals surface area contributed by atoms with Crippen LogP contribution in [0.4, 0.5) is 5.69 Å². The van der Waals surface area contributed by atoms with Gasteiger partial charge in [-0.25, -0.2) is 0 Å². The molecule has 1 atom stereocenters. The molecule has 0 aliphatic heterocycles. The molecule has 0 fully saturated rings. The van der Waals surface area contributed by atoms with Crippen LogP contribution in [0, 0.1) is 19.8 Å². The summed E-state index contributed by atoms with van der Waals surface area (Å²) in [6, 6.07) is 12.1. The topological polar surface area (TPSA) is 67.4 Å². The fourth-order valence-corrected chi connectivity index (χ4v) is 2.85. The largest absolute Gasteiger partial charge is 0.496 e.